The molecule has 0 saturated carbocycles. The molecule has 6 nitrogen and oxygen atoms in total. The molecule has 54 heavy (non-hydrogen) atoms. The lowest BCUT2D eigenvalue weighted by Crippen LogP contribution is -2.30. The lowest BCUT2D eigenvalue weighted by atomic mass is 10.1. The van der Waals surface area contributed by atoms with Crippen LogP contribution < -0.4 is 0 Å². The summed E-state index contributed by atoms with van der Waals surface area (Å²) in [4.78, 5) is 37.7. The molecule has 0 rings (SSSR count). The first-order chi connectivity index (χ1) is 26.5. The first-order valence-electron chi connectivity index (χ1n) is 22.6. The van der Waals surface area contributed by atoms with Gasteiger partial charge in [0, 0.05) is 19.3 Å². The number of rotatable bonds is 40. The van der Waals surface area contributed by atoms with Crippen LogP contribution in [-0.4, -0.2) is 37.2 Å². The number of allylic oxidation sites excluding steroid dienone is 8. The molecule has 0 aromatic carbocycles. The molecule has 312 valence electrons. The molecule has 0 aromatic heterocycles. The van der Waals surface area contributed by atoms with E-state index in [1.165, 1.54) is 70.6 Å². The Balaban J connectivity index is 4.40. The number of carbonyl (C=O) groups is 3. The van der Waals surface area contributed by atoms with E-state index in [0.717, 1.165) is 109 Å². The third kappa shape index (κ3) is 40.6. The Morgan fingerprint density at radius 1 is 0.370 bits per heavy atom. The topological polar surface area (TPSA) is 78.9 Å². The molecule has 0 bridgehead atoms. The molecule has 0 aliphatic heterocycles. The van der Waals surface area contributed by atoms with E-state index in [1.54, 1.807) is 0 Å². The fraction of sp³-hybridized carbons (Fsp3) is 0.771. The van der Waals surface area contributed by atoms with Gasteiger partial charge in [0.2, 0.25) is 0 Å². The summed E-state index contributed by atoms with van der Waals surface area (Å²) in [5, 5.41) is 0. The van der Waals surface area contributed by atoms with Gasteiger partial charge in [-0.15, -0.1) is 0 Å². The maximum absolute atomic E-state index is 12.7. The van der Waals surface area contributed by atoms with Crippen molar-refractivity contribution >= 4 is 17.9 Å². The molecule has 6 heteroatoms. The van der Waals surface area contributed by atoms with Crippen molar-refractivity contribution in [3.63, 3.8) is 0 Å². The number of carbonyl (C=O) groups excluding carboxylic acids is 3. The Bertz CT molecular complexity index is 964. The van der Waals surface area contributed by atoms with Gasteiger partial charge in [-0.2, -0.15) is 0 Å². The van der Waals surface area contributed by atoms with E-state index in [0.29, 0.717) is 19.3 Å². The Morgan fingerprint density at radius 3 is 1.15 bits per heavy atom. The second-order valence-electron chi connectivity index (χ2n) is 15.0. The molecular formula is C48H84O6. The quantitative estimate of drug-likeness (QED) is 0.0268. The number of hydrogen-bond donors (Lipinski definition) is 0. The minimum Gasteiger partial charge on any atom is -0.462 e. The zero-order chi connectivity index (χ0) is 39.4. The standard InChI is InChI=1S/C48H84O6/c1-4-7-10-13-16-19-21-23-25-26-29-32-35-38-41-47(50)53-44-45(43-52-46(49)40-37-34-31-28-18-15-12-9-6-3)54-48(51)42-39-36-33-30-27-24-22-20-17-14-11-8-5-2/h11,13-14,16,20-23,45H,4-10,12,15,17-19,24-44H2,1-3H3/b14-11-,16-13-,22-20-,23-21-. The van der Waals surface area contributed by atoms with Crippen LogP contribution in [0.15, 0.2) is 48.6 Å². The number of hydrogen-bond acceptors (Lipinski definition) is 6. The third-order valence-corrected chi connectivity index (χ3v) is 9.54. The number of unbranched alkanes of at least 4 members (excludes halogenated alkanes) is 21. The van der Waals surface area contributed by atoms with Crippen LogP contribution in [0.5, 0.6) is 0 Å². The molecule has 0 radical (unpaired) electrons. The Hall–Kier alpha value is -2.63. The van der Waals surface area contributed by atoms with Gasteiger partial charge in [0.25, 0.3) is 0 Å². The summed E-state index contributed by atoms with van der Waals surface area (Å²) >= 11 is 0. The molecular weight excluding hydrogens is 673 g/mol. The lowest BCUT2D eigenvalue weighted by molar-refractivity contribution is -0.167. The molecule has 0 spiro atoms. The van der Waals surface area contributed by atoms with Crippen molar-refractivity contribution in [2.75, 3.05) is 13.2 Å². The van der Waals surface area contributed by atoms with Crippen LogP contribution in [-0.2, 0) is 28.6 Å². The Kier molecular flexibility index (Phi) is 41.0. The summed E-state index contributed by atoms with van der Waals surface area (Å²) in [5.74, 6) is -0.916. The minimum atomic E-state index is -0.781. The minimum absolute atomic E-state index is 0.0826. The lowest BCUT2D eigenvalue weighted by Gasteiger charge is -2.18. The first-order valence-corrected chi connectivity index (χ1v) is 22.6. The van der Waals surface area contributed by atoms with Crippen LogP contribution in [0, 0.1) is 0 Å². The second kappa shape index (κ2) is 43.1. The van der Waals surface area contributed by atoms with Gasteiger partial charge in [0.15, 0.2) is 6.10 Å². The van der Waals surface area contributed by atoms with Gasteiger partial charge in [0.1, 0.15) is 13.2 Å². The zero-order valence-electron chi connectivity index (χ0n) is 35.5. The molecule has 0 aromatic rings. The van der Waals surface area contributed by atoms with E-state index in [9.17, 15) is 14.4 Å². The predicted molar refractivity (Wildman–Crippen MR) is 229 cm³/mol. The van der Waals surface area contributed by atoms with Crippen LogP contribution in [0.1, 0.15) is 220 Å². The summed E-state index contributed by atoms with van der Waals surface area (Å²) in [6.45, 7) is 6.48. The molecule has 1 atom stereocenters. The average molecular weight is 757 g/mol. The highest BCUT2D eigenvalue weighted by atomic mass is 16.6. The zero-order valence-corrected chi connectivity index (χ0v) is 35.5. The fourth-order valence-corrected chi connectivity index (χ4v) is 6.08. The van der Waals surface area contributed by atoms with E-state index >= 15 is 0 Å². The molecule has 0 N–H and O–H groups in total. The van der Waals surface area contributed by atoms with Crippen molar-refractivity contribution in [3.8, 4) is 0 Å². The second-order valence-corrected chi connectivity index (χ2v) is 15.0. The maximum atomic E-state index is 12.7. The van der Waals surface area contributed by atoms with Crippen molar-refractivity contribution in [2.45, 2.75) is 226 Å². The van der Waals surface area contributed by atoms with Crippen LogP contribution in [0.3, 0.4) is 0 Å². The van der Waals surface area contributed by atoms with Crippen molar-refractivity contribution in [1.29, 1.82) is 0 Å². The summed E-state index contributed by atoms with van der Waals surface area (Å²) in [5.41, 5.74) is 0. The van der Waals surface area contributed by atoms with Gasteiger partial charge < -0.3 is 14.2 Å². The summed E-state index contributed by atoms with van der Waals surface area (Å²) in [7, 11) is 0. The number of ether oxygens (including phenoxy) is 3. The third-order valence-electron chi connectivity index (χ3n) is 9.54. The van der Waals surface area contributed by atoms with E-state index in [1.807, 2.05) is 0 Å². The maximum Gasteiger partial charge on any atom is 0.306 e. The normalized spacial score (nSPS) is 12.4. The summed E-state index contributed by atoms with van der Waals surface area (Å²) in [6, 6.07) is 0. The Morgan fingerprint density at radius 2 is 0.722 bits per heavy atom. The van der Waals surface area contributed by atoms with E-state index in [-0.39, 0.29) is 31.1 Å². The van der Waals surface area contributed by atoms with Crippen LogP contribution in [0.4, 0.5) is 0 Å². The van der Waals surface area contributed by atoms with E-state index in [2.05, 4.69) is 69.4 Å². The van der Waals surface area contributed by atoms with E-state index < -0.39 is 6.10 Å². The molecule has 1 unspecified atom stereocenters. The van der Waals surface area contributed by atoms with E-state index in [4.69, 9.17) is 14.2 Å². The molecule has 0 heterocycles. The average Bonchev–Trinajstić information content (AvgIpc) is 3.17. The molecule has 0 saturated heterocycles. The largest absolute Gasteiger partial charge is 0.462 e. The van der Waals surface area contributed by atoms with Gasteiger partial charge in [-0.05, 0) is 70.6 Å². The van der Waals surface area contributed by atoms with Crippen LogP contribution in [0.2, 0.25) is 0 Å². The van der Waals surface area contributed by atoms with Gasteiger partial charge in [-0.3, -0.25) is 14.4 Å². The smallest absolute Gasteiger partial charge is 0.306 e. The van der Waals surface area contributed by atoms with Gasteiger partial charge in [-0.25, -0.2) is 0 Å². The monoisotopic (exact) mass is 757 g/mol. The van der Waals surface area contributed by atoms with Crippen molar-refractivity contribution in [3.05, 3.63) is 48.6 Å². The fourth-order valence-electron chi connectivity index (χ4n) is 6.08. The van der Waals surface area contributed by atoms with Crippen LogP contribution >= 0.6 is 0 Å². The predicted octanol–water partition coefficient (Wildman–Crippen LogP) is 14.4. The summed E-state index contributed by atoms with van der Waals surface area (Å²) < 4.78 is 16.7. The molecule has 0 fully saturated rings. The summed E-state index contributed by atoms with van der Waals surface area (Å²) in [6.07, 6.45) is 49.4. The van der Waals surface area contributed by atoms with Crippen molar-refractivity contribution < 1.29 is 28.6 Å². The van der Waals surface area contributed by atoms with Gasteiger partial charge in [-0.1, -0.05) is 179 Å². The molecule has 0 aliphatic carbocycles. The first kappa shape index (κ1) is 51.4. The van der Waals surface area contributed by atoms with Gasteiger partial charge >= 0.3 is 17.9 Å². The van der Waals surface area contributed by atoms with Crippen molar-refractivity contribution in [2.24, 2.45) is 0 Å². The van der Waals surface area contributed by atoms with Crippen molar-refractivity contribution in [1.82, 2.24) is 0 Å². The Labute approximate surface area is 333 Å². The highest BCUT2D eigenvalue weighted by Crippen LogP contribution is 2.13. The molecule has 0 amide bonds. The van der Waals surface area contributed by atoms with Gasteiger partial charge in [0.05, 0.1) is 0 Å². The SMILES string of the molecule is CCC/C=C\C/C=C\CCCCCCCC(=O)OC(COC(=O)CCCCCCC/C=C\C/C=C\CCCC)COC(=O)CCCCCCCCCCC. The molecule has 0 aliphatic rings. The highest BCUT2D eigenvalue weighted by molar-refractivity contribution is 5.71. The number of esters is 3. The highest BCUT2D eigenvalue weighted by Gasteiger charge is 2.19. The van der Waals surface area contributed by atoms with Crippen LogP contribution in [0.25, 0.3) is 0 Å².